The summed E-state index contributed by atoms with van der Waals surface area (Å²) in [5, 5.41) is 2.34. The van der Waals surface area contributed by atoms with E-state index >= 15 is 0 Å². The summed E-state index contributed by atoms with van der Waals surface area (Å²) in [4.78, 5) is 19.5. The lowest BCUT2D eigenvalue weighted by Crippen LogP contribution is -2.89. The summed E-state index contributed by atoms with van der Waals surface area (Å²) in [7, 11) is 0. The Labute approximate surface area is 186 Å². The number of carbonyl (C=O) groups excluding carboxylic acids is 1. The van der Waals surface area contributed by atoms with Gasteiger partial charge in [-0.05, 0) is 60.2 Å². The van der Waals surface area contributed by atoms with Gasteiger partial charge in [-0.25, -0.2) is 4.79 Å². The second-order valence-corrected chi connectivity index (χ2v) is 7.66. The number of esters is 1. The summed E-state index contributed by atoms with van der Waals surface area (Å²) in [6.07, 6.45) is 1.77. The standard InChI is InChI=1S/C25H23N3O4/c29-25(19-4-9-23-24(15-19)31-17-30-23)32-22-3-1-2-18(14-22)16-27-20-5-7-21(8-6-20)28-12-10-26-11-13-28/h1-9,14-16,26H,10-13,17H2/p+1. The van der Waals surface area contributed by atoms with Gasteiger partial charge in [0.15, 0.2) is 11.5 Å². The van der Waals surface area contributed by atoms with E-state index in [2.05, 4.69) is 27.3 Å². The van der Waals surface area contributed by atoms with Gasteiger partial charge in [0.1, 0.15) is 5.75 Å². The van der Waals surface area contributed by atoms with E-state index in [4.69, 9.17) is 14.2 Å². The van der Waals surface area contributed by atoms with Gasteiger partial charge in [0.25, 0.3) is 0 Å². The summed E-state index contributed by atoms with van der Waals surface area (Å²) in [6.45, 7) is 4.57. The van der Waals surface area contributed by atoms with E-state index < -0.39 is 5.97 Å². The molecule has 0 radical (unpaired) electrons. The molecule has 1 fully saturated rings. The summed E-state index contributed by atoms with van der Waals surface area (Å²) < 4.78 is 16.1. The molecule has 7 heteroatoms. The highest BCUT2D eigenvalue weighted by Crippen LogP contribution is 2.32. The number of quaternary nitrogens is 1. The van der Waals surface area contributed by atoms with Crippen LogP contribution in [0.1, 0.15) is 15.9 Å². The van der Waals surface area contributed by atoms with Gasteiger partial charge in [0.05, 0.1) is 37.4 Å². The van der Waals surface area contributed by atoms with Gasteiger partial charge in [-0.1, -0.05) is 12.1 Å². The Hall–Kier alpha value is -3.84. The predicted molar refractivity (Wildman–Crippen MR) is 122 cm³/mol. The van der Waals surface area contributed by atoms with Crippen molar-refractivity contribution >= 4 is 23.6 Å². The molecule has 2 N–H and O–H groups in total. The summed E-state index contributed by atoms with van der Waals surface area (Å²) in [5.74, 6) is 1.17. The van der Waals surface area contributed by atoms with Crippen molar-refractivity contribution in [1.82, 2.24) is 0 Å². The fourth-order valence-electron chi connectivity index (χ4n) is 3.75. The zero-order valence-corrected chi connectivity index (χ0v) is 17.6. The summed E-state index contributed by atoms with van der Waals surface area (Å²) in [5.41, 5.74) is 3.35. The van der Waals surface area contributed by atoms with Gasteiger partial charge in [-0.15, -0.1) is 0 Å². The molecular weight excluding hydrogens is 406 g/mol. The number of aliphatic imine (C=N–C) groups is 1. The van der Waals surface area contributed by atoms with Gasteiger partial charge in [0, 0.05) is 11.9 Å². The number of carbonyl (C=O) groups is 1. The topological polar surface area (TPSA) is 77.0 Å². The molecular formula is C25H24N3O4+. The van der Waals surface area contributed by atoms with E-state index in [1.807, 2.05) is 24.3 Å². The summed E-state index contributed by atoms with van der Waals surface area (Å²) in [6, 6.07) is 20.5. The van der Waals surface area contributed by atoms with Crippen molar-refractivity contribution in [3.8, 4) is 17.2 Å². The zero-order chi connectivity index (χ0) is 21.8. The number of fused-ring (bicyclic) bond motifs is 1. The molecule has 0 aromatic heterocycles. The minimum absolute atomic E-state index is 0.162. The molecule has 0 spiro atoms. The maximum absolute atomic E-state index is 12.5. The lowest BCUT2D eigenvalue weighted by molar-refractivity contribution is -0.655. The van der Waals surface area contributed by atoms with Crippen LogP contribution in [0, 0.1) is 0 Å². The molecule has 2 aliphatic rings. The normalized spacial score (nSPS) is 15.2. The van der Waals surface area contributed by atoms with Crippen LogP contribution in [-0.2, 0) is 0 Å². The lowest BCUT2D eigenvalue weighted by atomic mass is 10.2. The van der Waals surface area contributed by atoms with E-state index in [-0.39, 0.29) is 6.79 Å². The lowest BCUT2D eigenvalue weighted by Gasteiger charge is -2.27. The highest BCUT2D eigenvalue weighted by Gasteiger charge is 2.17. The Morgan fingerprint density at radius 3 is 2.62 bits per heavy atom. The van der Waals surface area contributed by atoms with Crippen molar-refractivity contribution in [2.45, 2.75) is 0 Å². The van der Waals surface area contributed by atoms with Crippen LogP contribution in [0.15, 0.2) is 71.7 Å². The molecule has 32 heavy (non-hydrogen) atoms. The molecule has 3 aromatic carbocycles. The van der Waals surface area contributed by atoms with Crippen molar-refractivity contribution in [3.05, 3.63) is 77.9 Å². The van der Waals surface area contributed by atoms with Crippen molar-refractivity contribution in [2.75, 3.05) is 37.9 Å². The quantitative estimate of drug-likeness (QED) is 0.383. The van der Waals surface area contributed by atoms with Gasteiger partial charge in [-0.2, -0.15) is 0 Å². The van der Waals surface area contributed by atoms with Crippen LogP contribution in [0.5, 0.6) is 17.2 Å². The van der Waals surface area contributed by atoms with Crippen LogP contribution in [-0.4, -0.2) is 45.2 Å². The van der Waals surface area contributed by atoms with Gasteiger partial charge < -0.3 is 24.4 Å². The molecule has 3 aromatic rings. The fourth-order valence-corrected chi connectivity index (χ4v) is 3.75. The minimum atomic E-state index is -0.455. The van der Waals surface area contributed by atoms with E-state index in [1.54, 1.807) is 36.5 Å². The molecule has 0 unspecified atom stereocenters. The third kappa shape index (κ3) is 4.58. The molecule has 0 amide bonds. The first kappa shape index (κ1) is 20.1. The van der Waals surface area contributed by atoms with E-state index in [1.165, 1.54) is 5.69 Å². The van der Waals surface area contributed by atoms with Gasteiger partial charge in [0.2, 0.25) is 6.79 Å². The molecule has 7 nitrogen and oxygen atoms in total. The average Bonchev–Trinajstić information content (AvgIpc) is 3.32. The SMILES string of the molecule is O=C(Oc1cccc(C=Nc2ccc(N3CC[NH2+]CC3)cc2)c1)c1ccc2c(c1)OCO2. The third-order valence-electron chi connectivity index (χ3n) is 5.46. The Balaban J connectivity index is 1.24. The highest BCUT2D eigenvalue weighted by molar-refractivity contribution is 5.92. The maximum Gasteiger partial charge on any atom is 0.343 e. The third-order valence-corrected chi connectivity index (χ3v) is 5.46. The van der Waals surface area contributed by atoms with Gasteiger partial charge >= 0.3 is 5.97 Å². The fraction of sp³-hybridized carbons (Fsp3) is 0.200. The molecule has 5 rings (SSSR count). The Bertz CT molecular complexity index is 1140. The number of nitrogens with two attached hydrogens (primary N) is 1. The molecule has 0 bridgehead atoms. The van der Waals surface area contributed by atoms with E-state index in [0.717, 1.165) is 37.4 Å². The number of anilines is 1. The Morgan fingerprint density at radius 1 is 0.969 bits per heavy atom. The van der Waals surface area contributed by atoms with Crippen molar-refractivity contribution in [2.24, 2.45) is 4.99 Å². The maximum atomic E-state index is 12.5. The number of ether oxygens (including phenoxy) is 3. The smallest absolute Gasteiger partial charge is 0.343 e. The number of benzene rings is 3. The second kappa shape index (κ2) is 9.11. The minimum Gasteiger partial charge on any atom is -0.454 e. The predicted octanol–water partition coefficient (Wildman–Crippen LogP) is 2.77. The number of nitrogens with zero attached hydrogens (tertiary/aromatic N) is 2. The monoisotopic (exact) mass is 430 g/mol. The van der Waals surface area contributed by atoms with Crippen LogP contribution in [0.4, 0.5) is 11.4 Å². The van der Waals surface area contributed by atoms with Crippen LogP contribution < -0.4 is 24.4 Å². The van der Waals surface area contributed by atoms with Crippen molar-refractivity contribution < 1.29 is 24.3 Å². The first-order valence-electron chi connectivity index (χ1n) is 10.7. The van der Waals surface area contributed by atoms with E-state index in [9.17, 15) is 4.79 Å². The Kier molecular flexibility index (Phi) is 5.72. The molecule has 0 atom stereocenters. The number of rotatable bonds is 5. The van der Waals surface area contributed by atoms with Crippen LogP contribution in [0.2, 0.25) is 0 Å². The van der Waals surface area contributed by atoms with Crippen molar-refractivity contribution in [3.63, 3.8) is 0 Å². The summed E-state index contributed by atoms with van der Waals surface area (Å²) >= 11 is 0. The first-order valence-corrected chi connectivity index (χ1v) is 10.7. The second-order valence-electron chi connectivity index (χ2n) is 7.66. The molecule has 0 aliphatic carbocycles. The van der Waals surface area contributed by atoms with E-state index in [0.29, 0.717) is 22.8 Å². The van der Waals surface area contributed by atoms with Gasteiger partial charge in [-0.3, -0.25) is 4.99 Å². The van der Waals surface area contributed by atoms with Crippen LogP contribution in [0.25, 0.3) is 0 Å². The van der Waals surface area contributed by atoms with Crippen molar-refractivity contribution in [1.29, 1.82) is 0 Å². The number of hydrogen-bond acceptors (Lipinski definition) is 6. The molecule has 0 saturated carbocycles. The van der Waals surface area contributed by atoms with Crippen LogP contribution in [0.3, 0.4) is 0 Å². The zero-order valence-electron chi connectivity index (χ0n) is 17.6. The highest BCUT2D eigenvalue weighted by atomic mass is 16.7. The van der Waals surface area contributed by atoms with Crippen LogP contribution >= 0.6 is 0 Å². The molecule has 2 heterocycles. The first-order chi connectivity index (χ1) is 15.7. The average molecular weight is 430 g/mol. The largest absolute Gasteiger partial charge is 0.454 e. The molecule has 1 saturated heterocycles. The molecule has 2 aliphatic heterocycles. The number of piperazine rings is 1. The molecule has 162 valence electrons. The Morgan fingerprint density at radius 2 is 1.78 bits per heavy atom. The number of hydrogen-bond donors (Lipinski definition) is 1.